The number of amides is 1. The highest BCUT2D eigenvalue weighted by atomic mass is 16.6. The van der Waals surface area contributed by atoms with Crippen molar-refractivity contribution in [3.05, 3.63) is 11.6 Å². The van der Waals surface area contributed by atoms with E-state index in [-0.39, 0.29) is 29.5 Å². The van der Waals surface area contributed by atoms with E-state index in [0.29, 0.717) is 30.6 Å². The maximum atomic E-state index is 12.4. The third kappa shape index (κ3) is 4.87. The van der Waals surface area contributed by atoms with Crippen molar-refractivity contribution in [2.24, 2.45) is 33.7 Å². The van der Waals surface area contributed by atoms with Gasteiger partial charge in [0, 0.05) is 11.8 Å². The Balaban J connectivity index is 1.38. The molecule has 1 unspecified atom stereocenters. The molecule has 0 saturated heterocycles. The quantitative estimate of drug-likeness (QED) is 0.329. The largest absolute Gasteiger partial charge is 0.481 e. The zero-order valence-corrected chi connectivity index (χ0v) is 22.5. The maximum absolute atomic E-state index is 12.4. The number of carbonyl (C=O) groups excluding carboxylic acids is 2. The normalized spacial score (nSPS) is 37.7. The highest BCUT2D eigenvalue weighted by molar-refractivity contribution is 5.96. The van der Waals surface area contributed by atoms with Gasteiger partial charge in [-0.05, 0) is 94.0 Å². The average Bonchev–Trinajstić information content (AvgIpc) is 3.13. The van der Waals surface area contributed by atoms with Crippen LogP contribution in [0.2, 0.25) is 0 Å². The smallest absolute Gasteiger partial charge is 0.326 e. The predicted molar refractivity (Wildman–Crippen MR) is 137 cm³/mol. The molecule has 0 heterocycles. The van der Waals surface area contributed by atoms with Gasteiger partial charge in [0.25, 0.3) is 5.91 Å². The summed E-state index contributed by atoms with van der Waals surface area (Å²) in [5.74, 6) is -1.90. The van der Waals surface area contributed by atoms with Crippen LogP contribution in [0.25, 0.3) is 0 Å². The number of fused-ring (bicyclic) bond motifs is 5. The first-order chi connectivity index (χ1) is 17.8. The lowest BCUT2D eigenvalue weighted by molar-refractivity contribution is -0.159. The van der Waals surface area contributed by atoms with Crippen LogP contribution in [0.5, 0.6) is 0 Å². The second-order valence-electron chi connectivity index (χ2n) is 12.2. The van der Waals surface area contributed by atoms with E-state index in [1.807, 2.05) is 0 Å². The standard InChI is InChI=1S/C28H40N2O8/c1-16(31)28(37)13-10-21-19-5-4-17-14-18(8-11-26(17,2)20(19)9-12-27(21,28)3)30-38-15-23(32)29-22(25(35)36)6-7-24(33)34/h14,19-22,37H,4-13,15H2,1-3H3,(H,29,32)(H,33,34)(H,35,36)/t19-,20+,21+,22?,26+,27+,28+/m1/s1. The minimum atomic E-state index is -1.30. The van der Waals surface area contributed by atoms with Gasteiger partial charge in [-0.15, -0.1) is 0 Å². The SMILES string of the molecule is CC(=O)[C@@]1(O)CC[C@H]2[C@@H]3CCC4=CC(=NOCC(=O)NC(CCC(=O)O)C(=O)O)CC[C@]4(C)[C@H]3CC[C@@]21C. The van der Waals surface area contributed by atoms with E-state index in [1.54, 1.807) is 0 Å². The monoisotopic (exact) mass is 532 g/mol. The molecule has 0 aliphatic heterocycles. The Morgan fingerprint density at radius 3 is 2.45 bits per heavy atom. The van der Waals surface area contributed by atoms with E-state index in [4.69, 9.17) is 9.94 Å². The Morgan fingerprint density at radius 2 is 1.79 bits per heavy atom. The van der Waals surface area contributed by atoms with E-state index in [2.05, 4.69) is 30.4 Å². The number of carboxylic acid groups (broad SMARTS) is 2. The maximum Gasteiger partial charge on any atom is 0.326 e. The van der Waals surface area contributed by atoms with Gasteiger partial charge in [0.1, 0.15) is 11.6 Å². The fraction of sp³-hybridized carbons (Fsp3) is 0.750. The third-order valence-corrected chi connectivity index (χ3v) is 10.4. The zero-order chi connectivity index (χ0) is 27.9. The van der Waals surface area contributed by atoms with Gasteiger partial charge < -0.3 is 25.5 Å². The summed E-state index contributed by atoms with van der Waals surface area (Å²) in [6, 6.07) is -1.30. The van der Waals surface area contributed by atoms with Gasteiger partial charge in [-0.2, -0.15) is 0 Å². The molecule has 7 atom stereocenters. The molecule has 210 valence electrons. The van der Waals surface area contributed by atoms with E-state index in [1.165, 1.54) is 12.5 Å². The molecule has 0 aromatic carbocycles. The number of nitrogens with zero attached hydrogens (tertiary/aromatic N) is 1. The number of aliphatic hydroxyl groups is 1. The van der Waals surface area contributed by atoms with Crippen LogP contribution >= 0.6 is 0 Å². The van der Waals surface area contributed by atoms with E-state index in [0.717, 1.165) is 44.2 Å². The second-order valence-corrected chi connectivity index (χ2v) is 12.2. The number of carboxylic acids is 2. The minimum absolute atomic E-state index is 0.0242. The van der Waals surface area contributed by atoms with Crippen molar-refractivity contribution >= 4 is 29.3 Å². The first-order valence-corrected chi connectivity index (χ1v) is 13.7. The van der Waals surface area contributed by atoms with Crippen LogP contribution < -0.4 is 5.32 Å². The summed E-state index contributed by atoms with van der Waals surface area (Å²) in [6.45, 7) is 5.53. The summed E-state index contributed by atoms with van der Waals surface area (Å²) in [6.07, 6.45) is 8.32. The molecule has 0 radical (unpaired) electrons. The summed E-state index contributed by atoms with van der Waals surface area (Å²) in [5, 5.41) is 35.7. The Morgan fingerprint density at radius 1 is 1.08 bits per heavy atom. The van der Waals surface area contributed by atoms with E-state index in [9.17, 15) is 29.4 Å². The first kappa shape index (κ1) is 28.3. The molecule has 0 aromatic rings. The van der Waals surface area contributed by atoms with Gasteiger partial charge in [-0.25, -0.2) is 4.79 Å². The minimum Gasteiger partial charge on any atom is -0.481 e. The Bertz CT molecular complexity index is 1070. The van der Waals surface area contributed by atoms with Gasteiger partial charge >= 0.3 is 11.9 Å². The topological polar surface area (TPSA) is 163 Å². The number of aliphatic carboxylic acids is 2. The summed E-state index contributed by atoms with van der Waals surface area (Å²) in [5.41, 5.74) is 0.532. The number of Topliss-reactive ketones (excluding diaryl/α,β-unsaturated/α-hetero) is 1. The van der Waals surface area contributed by atoms with Crippen molar-refractivity contribution in [3.63, 3.8) is 0 Å². The average molecular weight is 533 g/mol. The number of hydrogen-bond acceptors (Lipinski definition) is 7. The lowest BCUT2D eigenvalue weighted by atomic mass is 9.46. The van der Waals surface area contributed by atoms with Crippen LogP contribution in [-0.2, 0) is 24.0 Å². The van der Waals surface area contributed by atoms with Crippen molar-refractivity contribution in [1.82, 2.24) is 5.32 Å². The van der Waals surface area contributed by atoms with Gasteiger partial charge in [0.15, 0.2) is 12.4 Å². The Hall–Kier alpha value is -2.75. The molecule has 10 heteroatoms. The number of oxime groups is 1. The summed E-state index contributed by atoms with van der Waals surface area (Å²) in [7, 11) is 0. The molecule has 4 aliphatic carbocycles. The summed E-state index contributed by atoms with van der Waals surface area (Å²) in [4.78, 5) is 51.7. The van der Waals surface area contributed by atoms with Crippen molar-refractivity contribution in [3.8, 4) is 0 Å². The van der Waals surface area contributed by atoms with Crippen molar-refractivity contribution in [2.45, 2.75) is 96.6 Å². The molecular weight excluding hydrogens is 492 g/mol. The molecule has 0 spiro atoms. The Labute approximate surface area is 222 Å². The highest BCUT2D eigenvalue weighted by Gasteiger charge is 2.65. The number of rotatable bonds is 9. The highest BCUT2D eigenvalue weighted by Crippen LogP contribution is 2.67. The molecule has 3 saturated carbocycles. The number of nitrogens with one attached hydrogen (secondary N) is 1. The molecule has 0 bridgehead atoms. The fourth-order valence-corrected chi connectivity index (χ4v) is 8.17. The third-order valence-electron chi connectivity index (χ3n) is 10.4. The molecule has 3 fully saturated rings. The lowest BCUT2D eigenvalue weighted by Crippen LogP contribution is -2.57. The van der Waals surface area contributed by atoms with Crippen LogP contribution in [0.4, 0.5) is 0 Å². The molecular formula is C28H40N2O8. The van der Waals surface area contributed by atoms with E-state index < -0.39 is 36.1 Å². The van der Waals surface area contributed by atoms with E-state index >= 15 is 0 Å². The summed E-state index contributed by atoms with van der Waals surface area (Å²) >= 11 is 0. The van der Waals surface area contributed by atoms with Crippen molar-refractivity contribution < 1.29 is 39.3 Å². The fourth-order valence-electron chi connectivity index (χ4n) is 8.17. The number of ketones is 1. The predicted octanol–water partition coefficient (Wildman–Crippen LogP) is 3.08. The Kier molecular flexibility index (Phi) is 7.76. The summed E-state index contributed by atoms with van der Waals surface area (Å²) < 4.78 is 0. The zero-order valence-electron chi connectivity index (χ0n) is 22.5. The molecule has 38 heavy (non-hydrogen) atoms. The van der Waals surface area contributed by atoms with Crippen LogP contribution in [0, 0.1) is 28.6 Å². The molecule has 1 amide bonds. The number of hydrogen-bond donors (Lipinski definition) is 4. The molecule has 4 rings (SSSR count). The second kappa shape index (κ2) is 10.4. The molecule has 10 nitrogen and oxygen atoms in total. The van der Waals surface area contributed by atoms with Gasteiger partial charge in [0.05, 0.1) is 5.71 Å². The van der Waals surface area contributed by atoms with Crippen LogP contribution in [0.15, 0.2) is 16.8 Å². The molecule has 4 aliphatic rings. The molecule has 0 aromatic heterocycles. The van der Waals surface area contributed by atoms with Gasteiger partial charge in [-0.3, -0.25) is 14.4 Å². The molecule has 4 N–H and O–H groups in total. The van der Waals surface area contributed by atoms with Crippen LogP contribution in [0.3, 0.4) is 0 Å². The van der Waals surface area contributed by atoms with Crippen molar-refractivity contribution in [1.29, 1.82) is 0 Å². The van der Waals surface area contributed by atoms with Crippen LogP contribution in [-0.4, -0.2) is 62.9 Å². The van der Waals surface area contributed by atoms with Crippen LogP contribution in [0.1, 0.15) is 85.0 Å². The first-order valence-electron chi connectivity index (χ1n) is 13.7. The van der Waals surface area contributed by atoms with Gasteiger partial charge in [-0.1, -0.05) is 24.6 Å². The number of allylic oxidation sites excluding steroid dienone is 2. The van der Waals surface area contributed by atoms with Gasteiger partial charge in [0.2, 0.25) is 0 Å². The van der Waals surface area contributed by atoms with Crippen molar-refractivity contribution in [2.75, 3.05) is 6.61 Å². The lowest BCUT2D eigenvalue weighted by Gasteiger charge is -2.59. The number of carbonyl (C=O) groups is 4.